The summed E-state index contributed by atoms with van der Waals surface area (Å²) >= 11 is 0. The molecule has 0 saturated heterocycles. The van der Waals surface area contributed by atoms with Gasteiger partial charge >= 0.3 is 0 Å². The number of hydrogen-bond acceptors (Lipinski definition) is 3. The lowest BCUT2D eigenvalue weighted by Crippen LogP contribution is -2.04. The van der Waals surface area contributed by atoms with Crippen molar-refractivity contribution >= 4 is 16.6 Å². The van der Waals surface area contributed by atoms with E-state index in [0.29, 0.717) is 6.61 Å². The molecule has 3 heteroatoms. The van der Waals surface area contributed by atoms with Crippen molar-refractivity contribution in [3.8, 4) is 5.75 Å². The van der Waals surface area contributed by atoms with Gasteiger partial charge in [0.1, 0.15) is 11.3 Å². The molecular weight excluding hydrogens is 248 g/mol. The second-order valence-corrected chi connectivity index (χ2v) is 4.63. The van der Waals surface area contributed by atoms with Crippen LogP contribution in [0.25, 0.3) is 10.9 Å². The van der Waals surface area contributed by atoms with Crippen molar-refractivity contribution in [3.63, 3.8) is 0 Å². The number of anilines is 1. The lowest BCUT2D eigenvalue weighted by Gasteiger charge is -2.09. The number of benzene rings is 2. The number of nitrogens with zero attached hydrogens (tertiary/aromatic N) is 1. The number of ether oxygens (including phenoxy) is 1. The van der Waals surface area contributed by atoms with Gasteiger partial charge in [-0.2, -0.15) is 0 Å². The van der Waals surface area contributed by atoms with Crippen LogP contribution in [-0.4, -0.2) is 11.6 Å². The molecule has 2 aromatic carbocycles. The van der Waals surface area contributed by atoms with Crippen LogP contribution in [0.3, 0.4) is 0 Å². The van der Waals surface area contributed by atoms with Crippen molar-refractivity contribution in [2.75, 3.05) is 12.3 Å². The van der Waals surface area contributed by atoms with E-state index < -0.39 is 0 Å². The Morgan fingerprint density at radius 1 is 0.950 bits per heavy atom. The second-order valence-electron chi connectivity index (χ2n) is 4.63. The molecule has 0 bridgehead atoms. The van der Waals surface area contributed by atoms with Crippen LogP contribution < -0.4 is 10.5 Å². The van der Waals surface area contributed by atoms with Gasteiger partial charge in [-0.3, -0.25) is 4.98 Å². The average molecular weight is 264 g/mol. The molecule has 0 unspecified atom stereocenters. The lowest BCUT2D eigenvalue weighted by atomic mass is 10.1. The Balaban J connectivity index is 1.73. The smallest absolute Gasteiger partial charge is 0.145 e. The molecule has 1 heterocycles. The van der Waals surface area contributed by atoms with E-state index in [1.54, 1.807) is 6.20 Å². The Hall–Kier alpha value is -2.55. The first-order valence-corrected chi connectivity index (χ1v) is 6.64. The standard InChI is InChI=1S/C17H16N2O/c18-15-8-2-1-5-13(15)10-12-20-16-9-3-6-14-7-4-11-19-17(14)16/h1-9,11H,10,12,18H2. The van der Waals surface area contributed by atoms with Gasteiger partial charge in [0, 0.05) is 23.7 Å². The fourth-order valence-electron chi connectivity index (χ4n) is 2.23. The largest absolute Gasteiger partial charge is 0.491 e. The minimum absolute atomic E-state index is 0.587. The minimum atomic E-state index is 0.587. The van der Waals surface area contributed by atoms with Gasteiger partial charge in [-0.1, -0.05) is 36.4 Å². The van der Waals surface area contributed by atoms with Crippen LogP contribution in [0.15, 0.2) is 60.8 Å². The number of nitrogen functional groups attached to an aromatic ring is 1. The number of para-hydroxylation sites is 2. The average Bonchev–Trinajstić information content (AvgIpc) is 2.49. The quantitative estimate of drug-likeness (QED) is 0.734. The van der Waals surface area contributed by atoms with Crippen LogP contribution in [0.4, 0.5) is 5.69 Å². The van der Waals surface area contributed by atoms with E-state index in [-0.39, 0.29) is 0 Å². The van der Waals surface area contributed by atoms with E-state index in [4.69, 9.17) is 10.5 Å². The predicted molar refractivity (Wildman–Crippen MR) is 81.8 cm³/mol. The Morgan fingerprint density at radius 3 is 2.70 bits per heavy atom. The third-order valence-corrected chi connectivity index (χ3v) is 3.28. The van der Waals surface area contributed by atoms with E-state index in [9.17, 15) is 0 Å². The molecule has 0 radical (unpaired) electrons. The van der Waals surface area contributed by atoms with Crippen molar-refractivity contribution in [1.29, 1.82) is 0 Å². The highest BCUT2D eigenvalue weighted by molar-refractivity contribution is 5.84. The van der Waals surface area contributed by atoms with Crippen molar-refractivity contribution < 1.29 is 4.74 Å². The molecule has 20 heavy (non-hydrogen) atoms. The Bertz CT molecular complexity index is 720. The number of rotatable bonds is 4. The summed E-state index contributed by atoms with van der Waals surface area (Å²) in [6.45, 7) is 0.587. The molecule has 100 valence electrons. The third-order valence-electron chi connectivity index (χ3n) is 3.28. The first kappa shape index (κ1) is 12.5. The van der Waals surface area contributed by atoms with Gasteiger partial charge in [-0.05, 0) is 23.8 Å². The summed E-state index contributed by atoms with van der Waals surface area (Å²) in [6, 6.07) is 17.8. The lowest BCUT2D eigenvalue weighted by molar-refractivity contribution is 0.325. The van der Waals surface area contributed by atoms with Gasteiger partial charge in [0.15, 0.2) is 0 Å². The number of fused-ring (bicyclic) bond motifs is 1. The maximum atomic E-state index is 5.92. The van der Waals surface area contributed by atoms with Crippen molar-refractivity contribution in [1.82, 2.24) is 4.98 Å². The van der Waals surface area contributed by atoms with Crippen molar-refractivity contribution in [2.45, 2.75) is 6.42 Å². The molecule has 1 aromatic heterocycles. The van der Waals surface area contributed by atoms with Crippen LogP contribution >= 0.6 is 0 Å². The van der Waals surface area contributed by atoms with Crippen molar-refractivity contribution in [2.24, 2.45) is 0 Å². The monoisotopic (exact) mass is 264 g/mol. The zero-order valence-corrected chi connectivity index (χ0v) is 11.1. The minimum Gasteiger partial charge on any atom is -0.491 e. The molecule has 0 aliphatic carbocycles. The predicted octanol–water partition coefficient (Wildman–Crippen LogP) is 3.44. The highest BCUT2D eigenvalue weighted by Crippen LogP contribution is 2.23. The van der Waals surface area contributed by atoms with Crippen LogP contribution in [-0.2, 0) is 6.42 Å². The summed E-state index contributed by atoms with van der Waals surface area (Å²) in [5.74, 6) is 0.817. The maximum absolute atomic E-state index is 5.92. The molecule has 0 atom stereocenters. The highest BCUT2D eigenvalue weighted by atomic mass is 16.5. The SMILES string of the molecule is Nc1ccccc1CCOc1cccc2cccnc12. The fourth-order valence-corrected chi connectivity index (χ4v) is 2.23. The fraction of sp³-hybridized carbons (Fsp3) is 0.118. The van der Waals surface area contributed by atoms with Gasteiger partial charge in [-0.25, -0.2) is 0 Å². The number of aromatic nitrogens is 1. The van der Waals surface area contributed by atoms with Crippen LogP contribution in [0.5, 0.6) is 5.75 Å². The summed E-state index contributed by atoms with van der Waals surface area (Å²) < 4.78 is 5.86. The third kappa shape index (κ3) is 2.57. The van der Waals surface area contributed by atoms with E-state index in [0.717, 1.165) is 34.3 Å². The molecule has 0 saturated carbocycles. The first-order valence-electron chi connectivity index (χ1n) is 6.64. The topological polar surface area (TPSA) is 48.1 Å². The van der Waals surface area contributed by atoms with E-state index in [2.05, 4.69) is 4.98 Å². The summed E-state index contributed by atoms with van der Waals surface area (Å²) in [6.07, 6.45) is 2.57. The molecular formula is C17H16N2O. The van der Waals surface area contributed by atoms with Crippen LogP contribution in [0.2, 0.25) is 0 Å². The van der Waals surface area contributed by atoms with E-state index in [1.807, 2.05) is 54.6 Å². The molecule has 0 fully saturated rings. The maximum Gasteiger partial charge on any atom is 0.145 e. The molecule has 2 N–H and O–H groups in total. The Labute approximate surface area is 118 Å². The molecule has 0 aliphatic rings. The number of pyridine rings is 1. The number of hydrogen-bond donors (Lipinski definition) is 1. The molecule has 3 nitrogen and oxygen atoms in total. The molecule has 0 amide bonds. The van der Waals surface area contributed by atoms with Crippen molar-refractivity contribution in [3.05, 3.63) is 66.4 Å². The van der Waals surface area contributed by atoms with Gasteiger partial charge in [0.05, 0.1) is 6.61 Å². The Kier molecular flexibility index (Phi) is 3.50. The van der Waals surface area contributed by atoms with Crippen LogP contribution in [0.1, 0.15) is 5.56 Å². The first-order chi connectivity index (χ1) is 9.84. The summed E-state index contributed by atoms with van der Waals surface area (Å²) in [7, 11) is 0. The van der Waals surface area contributed by atoms with E-state index in [1.165, 1.54) is 0 Å². The van der Waals surface area contributed by atoms with Gasteiger partial charge in [-0.15, -0.1) is 0 Å². The second kappa shape index (κ2) is 5.61. The summed E-state index contributed by atoms with van der Waals surface area (Å²) in [4.78, 5) is 4.37. The summed E-state index contributed by atoms with van der Waals surface area (Å²) in [5, 5.41) is 1.09. The molecule has 3 rings (SSSR count). The van der Waals surface area contributed by atoms with E-state index >= 15 is 0 Å². The highest BCUT2D eigenvalue weighted by Gasteiger charge is 2.03. The molecule has 0 aliphatic heterocycles. The molecule has 0 spiro atoms. The van der Waals surface area contributed by atoms with Crippen LogP contribution in [0, 0.1) is 0 Å². The summed E-state index contributed by atoms with van der Waals surface area (Å²) in [5.41, 5.74) is 8.75. The molecule has 3 aromatic rings. The van der Waals surface area contributed by atoms with Gasteiger partial charge in [0.25, 0.3) is 0 Å². The van der Waals surface area contributed by atoms with Gasteiger partial charge < -0.3 is 10.5 Å². The normalized spacial score (nSPS) is 10.6. The zero-order valence-electron chi connectivity index (χ0n) is 11.1. The Morgan fingerprint density at radius 2 is 1.80 bits per heavy atom. The zero-order chi connectivity index (χ0) is 13.8. The van der Waals surface area contributed by atoms with Gasteiger partial charge in [0.2, 0.25) is 0 Å². The number of nitrogens with two attached hydrogens (primary N) is 1.